The van der Waals surface area contributed by atoms with Crippen LogP contribution in [0.5, 0.6) is 0 Å². The Balaban J connectivity index is 1.82. The lowest BCUT2D eigenvalue weighted by Crippen LogP contribution is -2.29. The topological polar surface area (TPSA) is 32.3 Å². The van der Waals surface area contributed by atoms with Gasteiger partial charge in [0.1, 0.15) is 5.82 Å². The molecule has 2 aromatic carbocycles. The lowest BCUT2D eigenvalue weighted by Gasteiger charge is -2.31. The van der Waals surface area contributed by atoms with Gasteiger partial charge in [-0.2, -0.15) is 0 Å². The first-order valence-corrected chi connectivity index (χ1v) is 9.20. The molecular weight excluding hydrogens is 323 g/mol. The van der Waals surface area contributed by atoms with Crippen molar-refractivity contribution in [2.45, 2.75) is 24.8 Å². The minimum Gasteiger partial charge on any atom is -0.365 e. The van der Waals surface area contributed by atoms with E-state index >= 15 is 0 Å². The van der Waals surface area contributed by atoms with E-state index in [4.69, 9.17) is 0 Å². The molecule has 3 rings (SSSR count). The van der Waals surface area contributed by atoms with Crippen LogP contribution in [0.1, 0.15) is 29.3 Å². The van der Waals surface area contributed by atoms with Crippen molar-refractivity contribution in [3.8, 4) is 0 Å². The number of benzene rings is 2. The maximum Gasteiger partial charge on any atom is 0.251 e. The molecule has 1 heterocycles. The summed E-state index contributed by atoms with van der Waals surface area (Å²) in [6, 6.07) is 12.5. The van der Waals surface area contributed by atoms with E-state index in [2.05, 4.69) is 10.2 Å². The minimum absolute atomic E-state index is 0.0306. The number of hydrogen-bond donors (Lipinski definition) is 1. The van der Waals surface area contributed by atoms with Crippen LogP contribution in [0, 0.1) is 5.82 Å². The van der Waals surface area contributed by atoms with Crippen LogP contribution in [0.25, 0.3) is 0 Å². The number of amides is 1. The molecular formula is C19H21FN2OS. The van der Waals surface area contributed by atoms with E-state index in [-0.39, 0.29) is 11.7 Å². The summed E-state index contributed by atoms with van der Waals surface area (Å²) in [6.07, 6.45) is 0.920. The number of nitrogens with one attached hydrogen (secondary N) is 1. The van der Waals surface area contributed by atoms with Crippen molar-refractivity contribution in [2.75, 3.05) is 23.7 Å². The third-order valence-electron chi connectivity index (χ3n) is 4.00. The molecule has 24 heavy (non-hydrogen) atoms. The summed E-state index contributed by atoms with van der Waals surface area (Å²) in [4.78, 5) is 15.7. The second kappa shape index (κ2) is 7.71. The van der Waals surface area contributed by atoms with Crippen LogP contribution < -0.4 is 10.2 Å². The lowest BCUT2D eigenvalue weighted by atomic mass is 10.1. The molecule has 0 saturated heterocycles. The first kappa shape index (κ1) is 16.8. The monoisotopic (exact) mass is 344 g/mol. The lowest BCUT2D eigenvalue weighted by molar-refractivity contribution is 0.0953. The fourth-order valence-electron chi connectivity index (χ4n) is 2.73. The Morgan fingerprint density at radius 1 is 1.25 bits per heavy atom. The molecule has 0 aromatic heterocycles. The van der Waals surface area contributed by atoms with Gasteiger partial charge in [0, 0.05) is 35.8 Å². The fraction of sp³-hybridized carbons (Fsp3) is 0.316. The molecule has 0 radical (unpaired) electrons. The third-order valence-corrected chi connectivity index (χ3v) is 5.05. The highest BCUT2D eigenvalue weighted by Gasteiger charge is 2.19. The minimum atomic E-state index is -0.219. The smallest absolute Gasteiger partial charge is 0.251 e. The second-order valence-corrected chi connectivity index (χ2v) is 6.97. The molecule has 5 heteroatoms. The van der Waals surface area contributed by atoms with Crippen molar-refractivity contribution in [3.05, 3.63) is 59.4 Å². The van der Waals surface area contributed by atoms with E-state index in [0.717, 1.165) is 30.0 Å². The molecule has 0 bridgehead atoms. The zero-order valence-corrected chi connectivity index (χ0v) is 14.5. The number of anilines is 1. The van der Waals surface area contributed by atoms with Crippen molar-refractivity contribution in [1.29, 1.82) is 0 Å². The van der Waals surface area contributed by atoms with Crippen molar-refractivity contribution in [2.24, 2.45) is 0 Å². The largest absolute Gasteiger partial charge is 0.365 e. The van der Waals surface area contributed by atoms with Crippen LogP contribution in [-0.2, 0) is 6.54 Å². The van der Waals surface area contributed by atoms with E-state index in [1.54, 1.807) is 0 Å². The molecule has 1 aliphatic heterocycles. The van der Waals surface area contributed by atoms with Crippen LogP contribution >= 0.6 is 11.8 Å². The Labute approximate surface area is 146 Å². The van der Waals surface area contributed by atoms with Gasteiger partial charge in [-0.1, -0.05) is 19.1 Å². The molecule has 0 spiro atoms. The number of rotatable bonds is 5. The highest BCUT2D eigenvalue weighted by Crippen LogP contribution is 2.36. The molecule has 0 atom stereocenters. The number of halogens is 1. The van der Waals surface area contributed by atoms with Crippen molar-refractivity contribution < 1.29 is 9.18 Å². The molecule has 2 aromatic rings. The predicted molar refractivity (Wildman–Crippen MR) is 97.2 cm³/mol. The van der Waals surface area contributed by atoms with Crippen LogP contribution in [-0.4, -0.2) is 24.7 Å². The molecule has 1 N–H and O–H groups in total. The van der Waals surface area contributed by atoms with Crippen LogP contribution in [0.3, 0.4) is 0 Å². The van der Waals surface area contributed by atoms with E-state index in [1.165, 1.54) is 17.0 Å². The fourth-order valence-corrected chi connectivity index (χ4v) is 3.76. The maximum atomic E-state index is 13.1. The Bertz CT molecular complexity index is 718. The quantitative estimate of drug-likeness (QED) is 0.887. The molecule has 1 aliphatic rings. The van der Waals surface area contributed by atoms with Crippen LogP contribution in [0.2, 0.25) is 0 Å². The van der Waals surface area contributed by atoms with E-state index in [9.17, 15) is 9.18 Å². The molecule has 0 fully saturated rings. The third kappa shape index (κ3) is 3.90. The standard InChI is InChI=1S/C19H21FN2OS/c1-2-9-21-19(23)15-5-8-18-17(12-15)22(10-11-24-18)13-14-3-6-16(20)7-4-14/h3-8,12H,2,9-11,13H2,1H3,(H,21,23). The Morgan fingerprint density at radius 2 is 2.04 bits per heavy atom. The van der Waals surface area contributed by atoms with Gasteiger partial charge in [-0.25, -0.2) is 4.39 Å². The molecule has 3 nitrogen and oxygen atoms in total. The zero-order valence-electron chi connectivity index (χ0n) is 13.7. The number of thioether (sulfide) groups is 1. The molecule has 1 amide bonds. The summed E-state index contributed by atoms with van der Waals surface area (Å²) < 4.78 is 13.1. The number of carbonyl (C=O) groups is 1. The Kier molecular flexibility index (Phi) is 5.41. The van der Waals surface area contributed by atoms with Gasteiger partial charge in [0.15, 0.2) is 0 Å². The highest BCUT2D eigenvalue weighted by molar-refractivity contribution is 7.99. The molecule has 0 unspecified atom stereocenters. The number of nitrogens with zero attached hydrogens (tertiary/aromatic N) is 1. The summed E-state index contributed by atoms with van der Waals surface area (Å²) in [5.41, 5.74) is 2.84. The Morgan fingerprint density at radius 3 is 2.79 bits per heavy atom. The van der Waals surface area contributed by atoms with Crippen molar-refractivity contribution in [3.63, 3.8) is 0 Å². The summed E-state index contributed by atoms with van der Waals surface area (Å²) >= 11 is 1.81. The first-order valence-electron chi connectivity index (χ1n) is 8.22. The molecule has 0 saturated carbocycles. The SMILES string of the molecule is CCCNC(=O)c1ccc2c(c1)N(Cc1ccc(F)cc1)CCS2. The van der Waals surface area contributed by atoms with E-state index in [0.29, 0.717) is 18.7 Å². The van der Waals surface area contributed by atoms with E-state index in [1.807, 2.05) is 49.0 Å². The van der Waals surface area contributed by atoms with Gasteiger partial charge in [0.05, 0.1) is 5.69 Å². The van der Waals surface area contributed by atoms with Crippen molar-refractivity contribution in [1.82, 2.24) is 5.32 Å². The maximum absolute atomic E-state index is 13.1. The Hall–Kier alpha value is -2.01. The summed E-state index contributed by atoms with van der Waals surface area (Å²) in [7, 11) is 0. The highest BCUT2D eigenvalue weighted by atomic mass is 32.2. The second-order valence-electron chi connectivity index (χ2n) is 5.83. The van der Waals surface area contributed by atoms with Crippen LogP contribution in [0.4, 0.5) is 10.1 Å². The van der Waals surface area contributed by atoms with Crippen LogP contribution in [0.15, 0.2) is 47.4 Å². The predicted octanol–water partition coefficient (Wildman–Crippen LogP) is 4.08. The summed E-state index contributed by atoms with van der Waals surface area (Å²) in [6.45, 7) is 4.35. The number of carbonyl (C=O) groups excluding carboxylic acids is 1. The number of fused-ring (bicyclic) bond motifs is 1. The summed E-state index contributed by atoms with van der Waals surface area (Å²) in [5, 5.41) is 2.92. The average molecular weight is 344 g/mol. The van der Waals surface area contributed by atoms with Crippen molar-refractivity contribution >= 4 is 23.4 Å². The summed E-state index contributed by atoms with van der Waals surface area (Å²) in [5.74, 6) is 0.760. The van der Waals surface area contributed by atoms with Gasteiger partial charge in [-0.05, 0) is 42.3 Å². The van der Waals surface area contributed by atoms with Gasteiger partial charge in [-0.15, -0.1) is 11.8 Å². The normalized spacial score (nSPS) is 13.5. The molecule has 0 aliphatic carbocycles. The van der Waals surface area contributed by atoms with Gasteiger partial charge in [0.2, 0.25) is 0 Å². The number of hydrogen-bond acceptors (Lipinski definition) is 3. The average Bonchev–Trinajstić information content (AvgIpc) is 2.61. The van der Waals surface area contributed by atoms with Gasteiger partial charge >= 0.3 is 0 Å². The van der Waals surface area contributed by atoms with Gasteiger partial charge in [-0.3, -0.25) is 4.79 Å². The van der Waals surface area contributed by atoms with E-state index < -0.39 is 0 Å². The zero-order chi connectivity index (χ0) is 16.9. The molecule has 126 valence electrons. The van der Waals surface area contributed by atoms with Gasteiger partial charge < -0.3 is 10.2 Å². The first-order chi connectivity index (χ1) is 11.7. The van der Waals surface area contributed by atoms with Gasteiger partial charge in [0.25, 0.3) is 5.91 Å².